The van der Waals surface area contributed by atoms with Crippen molar-refractivity contribution < 1.29 is 0 Å². The zero-order valence-corrected chi connectivity index (χ0v) is 14.8. The first-order chi connectivity index (χ1) is 8.81. The van der Waals surface area contributed by atoms with Crippen LogP contribution in [0.1, 0.15) is 36.6 Å². The van der Waals surface area contributed by atoms with Crippen molar-refractivity contribution in [2.45, 2.75) is 45.6 Å². The molecule has 0 amide bonds. The van der Waals surface area contributed by atoms with Gasteiger partial charge in [0.2, 0.25) is 0 Å². The highest BCUT2D eigenvalue weighted by atomic mass is 127. The molecule has 1 aromatic heterocycles. The van der Waals surface area contributed by atoms with Crippen molar-refractivity contribution in [2.75, 3.05) is 13.1 Å². The summed E-state index contributed by atoms with van der Waals surface area (Å²) in [5.41, 5.74) is 0. The van der Waals surface area contributed by atoms with Gasteiger partial charge in [-0.05, 0) is 26.2 Å². The molecule has 1 heterocycles. The summed E-state index contributed by atoms with van der Waals surface area (Å²) in [6, 6.07) is 0.648. The number of hydrogen-bond donors (Lipinski definition) is 2. The lowest BCUT2D eigenvalue weighted by Crippen LogP contribution is -2.38. The van der Waals surface area contributed by atoms with Crippen LogP contribution in [0.2, 0.25) is 0 Å². The molecule has 2 N–H and O–H groups in total. The lowest BCUT2D eigenvalue weighted by molar-refractivity contribution is 0.807. The van der Waals surface area contributed by atoms with E-state index in [0.717, 1.165) is 31.9 Å². The van der Waals surface area contributed by atoms with E-state index in [9.17, 15) is 0 Å². The Hall–Kier alpha value is -0.370. The van der Waals surface area contributed by atoms with Crippen LogP contribution in [0.25, 0.3) is 0 Å². The molecule has 0 unspecified atom stereocenters. The van der Waals surface area contributed by atoms with Crippen molar-refractivity contribution in [3.05, 3.63) is 16.1 Å². The molecular formula is C13H23IN4S. The fourth-order valence-corrected chi connectivity index (χ4v) is 2.48. The van der Waals surface area contributed by atoms with Gasteiger partial charge >= 0.3 is 0 Å². The Kier molecular flexibility index (Phi) is 7.67. The lowest BCUT2D eigenvalue weighted by Gasteiger charge is -2.09. The quantitative estimate of drug-likeness (QED) is 0.443. The average Bonchev–Trinajstić information content (AvgIpc) is 3.06. The Bertz CT molecular complexity index is 401. The van der Waals surface area contributed by atoms with Gasteiger partial charge in [0, 0.05) is 36.6 Å². The van der Waals surface area contributed by atoms with Gasteiger partial charge in [-0.2, -0.15) is 0 Å². The van der Waals surface area contributed by atoms with E-state index >= 15 is 0 Å². The van der Waals surface area contributed by atoms with Gasteiger partial charge in [0.25, 0.3) is 0 Å². The minimum absolute atomic E-state index is 0. The second-order valence-corrected chi connectivity index (χ2v) is 5.70. The molecular weight excluding hydrogens is 371 g/mol. The van der Waals surface area contributed by atoms with E-state index in [-0.39, 0.29) is 24.0 Å². The molecule has 1 aliphatic carbocycles. The van der Waals surface area contributed by atoms with Crippen molar-refractivity contribution in [3.8, 4) is 0 Å². The summed E-state index contributed by atoms with van der Waals surface area (Å²) in [6.07, 6.45) is 6.55. The standard InChI is InChI=1S/C13H22N4S.HI/c1-3-11-9-16-12(18-11)7-8-15-13(14-4-2)17-10-5-6-10;/h9-10H,3-8H2,1-2H3,(H2,14,15,17);1H. The number of rotatable bonds is 6. The van der Waals surface area contributed by atoms with Crippen LogP contribution < -0.4 is 10.6 Å². The number of nitrogens with one attached hydrogen (secondary N) is 2. The highest BCUT2D eigenvalue weighted by molar-refractivity contribution is 14.0. The van der Waals surface area contributed by atoms with Gasteiger partial charge < -0.3 is 10.6 Å². The Morgan fingerprint density at radius 2 is 2.26 bits per heavy atom. The Morgan fingerprint density at radius 1 is 1.47 bits per heavy atom. The van der Waals surface area contributed by atoms with Crippen molar-refractivity contribution in [3.63, 3.8) is 0 Å². The normalized spacial score (nSPS) is 14.9. The van der Waals surface area contributed by atoms with Crippen LogP contribution in [0.4, 0.5) is 0 Å². The molecule has 0 saturated heterocycles. The van der Waals surface area contributed by atoms with Crippen molar-refractivity contribution >= 4 is 41.3 Å². The molecule has 1 saturated carbocycles. The summed E-state index contributed by atoms with van der Waals surface area (Å²) in [7, 11) is 0. The molecule has 1 aliphatic rings. The van der Waals surface area contributed by atoms with E-state index in [1.54, 1.807) is 11.3 Å². The molecule has 0 bridgehead atoms. The maximum Gasteiger partial charge on any atom is 0.191 e. The third-order valence-electron chi connectivity index (χ3n) is 2.81. The molecule has 0 atom stereocenters. The molecule has 4 nitrogen and oxygen atoms in total. The second kappa shape index (κ2) is 8.73. The van der Waals surface area contributed by atoms with Gasteiger partial charge in [-0.3, -0.25) is 4.99 Å². The van der Waals surface area contributed by atoms with Crippen LogP contribution in [-0.4, -0.2) is 30.1 Å². The van der Waals surface area contributed by atoms with Gasteiger partial charge in [0.1, 0.15) is 0 Å². The Labute approximate surface area is 136 Å². The molecule has 1 aromatic rings. The van der Waals surface area contributed by atoms with Crippen molar-refractivity contribution in [1.82, 2.24) is 15.6 Å². The van der Waals surface area contributed by atoms with Crippen molar-refractivity contribution in [1.29, 1.82) is 0 Å². The number of halogens is 1. The topological polar surface area (TPSA) is 49.3 Å². The molecule has 108 valence electrons. The summed E-state index contributed by atoms with van der Waals surface area (Å²) in [5, 5.41) is 7.89. The summed E-state index contributed by atoms with van der Waals surface area (Å²) in [5.74, 6) is 0.951. The summed E-state index contributed by atoms with van der Waals surface area (Å²) < 4.78 is 0. The van der Waals surface area contributed by atoms with Gasteiger partial charge in [-0.25, -0.2) is 4.98 Å². The second-order valence-electron chi connectivity index (χ2n) is 4.50. The SMILES string of the molecule is CCNC(=NCCc1ncc(CC)s1)NC1CC1.I. The van der Waals surface area contributed by atoms with Crippen LogP contribution in [0.15, 0.2) is 11.2 Å². The van der Waals surface area contributed by atoms with E-state index < -0.39 is 0 Å². The number of nitrogens with zero attached hydrogens (tertiary/aromatic N) is 2. The Balaban J connectivity index is 0.00000180. The van der Waals surface area contributed by atoms with E-state index in [0.29, 0.717) is 6.04 Å². The fourth-order valence-electron chi connectivity index (χ4n) is 1.63. The minimum atomic E-state index is 0. The molecule has 1 fully saturated rings. The monoisotopic (exact) mass is 394 g/mol. The van der Waals surface area contributed by atoms with E-state index in [1.165, 1.54) is 22.7 Å². The number of aromatic nitrogens is 1. The minimum Gasteiger partial charge on any atom is -0.357 e. The Morgan fingerprint density at radius 3 is 2.84 bits per heavy atom. The highest BCUT2D eigenvalue weighted by Gasteiger charge is 2.21. The maximum absolute atomic E-state index is 4.59. The molecule has 0 aromatic carbocycles. The summed E-state index contributed by atoms with van der Waals surface area (Å²) in [6.45, 7) is 5.98. The predicted molar refractivity (Wildman–Crippen MR) is 92.7 cm³/mol. The molecule has 0 radical (unpaired) electrons. The summed E-state index contributed by atoms with van der Waals surface area (Å²) >= 11 is 1.80. The van der Waals surface area contributed by atoms with Crippen LogP contribution in [-0.2, 0) is 12.8 Å². The smallest absolute Gasteiger partial charge is 0.191 e. The van der Waals surface area contributed by atoms with E-state index in [1.807, 2.05) is 6.20 Å². The zero-order valence-electron chi connectivity index (χ0n) is 11.6. The third kappa shape index (κ3) is 6.07. The average molecular weight is 394 g/mol. The maximum atomic E-state index is 4.59. The van der Waals surface area contributed by atoms with Gasteiger partial charge in [-0.15, -0.1) is 35.3 Å². The summed E-state index contributed by atoms with van der Waals surface area (Å²) in [4.78, 5) is 10.4. The molecule has 0 spiro atoms. The van der Waals surface area contributed by atoms with Crippen molar-refractivity contribution in [2.24, 2.45) is 4.99 Å². The molecule has 6 heteroatoms. The largest absolute Gasteiger partial charge is 0.357 e. The van der Waals surface area contributed by atoms with Crippen LogP contribution in [0.5, 0.6) is 0 Å². The number of guanidine groups is 1. The van der Waals surface area contributed by atoms with E-state index in [2.05, 4.69) is 34.5 Å². The fraction of sp³-hybridized carbons (Fsp3) is 0.692. The number of aryl methyl sites for hydroxylation is 1. The highest BCUT2D eigenvalue weighted by Crippen LogP contribution is 2.18. The van der Waals surface area contributed by atoms with Gasteiger partial charge in [-0.1, -0.05) is 6.92 Å². The first kappa shape index (κ1) is 16.7. The first-order valence-electron chi connectivity index (χ1n) is 6.80. The van der Waals surface area contributed by atoms with Gasteiger partial charge in [0.15, 0.2) is 5.96 Å². The number of thiazole rings is 1. The van der Waals surface area contributed by atoms with Crippen LogP contribution in [0, 0.1) is 0 Å². The molecule has 0 aliphatic heterocycles. The molecule has 2 rings (SSSR count). The van der Waals surface area contributed by atoms with Crippen LogP contribution >= 0.6 is 35.3 Å². The zero-order chi connectivity index (χ0) is 12.8. The number of aliphatic imine (C=N–C) groups is 1. The van der Waals surface area contributed by atoms with Gasteiger partial charge in [0.05, 0.1) is 5.01 Å². The lowest BCUT2D eigenvalue weighted by atomic mass is 10.4. The van der Waals surface area contributed by atoms with E-state index in [4.69, 9.17) is 0 Å². The molecule has 19 heavy (non-hydrogen) atoms. The van der Waals surface area contributed by atoms with Crippen LogP contribution in [0.3, 0.4) is 0 Å². The number of hydrogen-bond acceptors (Lipinski definition) is 3. The predicted octanol–water partition coefficient (Wildman–Crippen LogP) is 2.58. The third-order valence-corrected chi connectivity index (χ3v) is 4.01. The first-order valence-corrected chi connectivity index (χ1v) is 7.62.